The molecule has 0 bridgehead atoms. The Morgan fingerprint density at radius 2 is 1.83 bits per heavy atom. The molecule has 0 amide bonds. The van der Waals surface area contributed by atoms with Crippen molar-refractivity contribution in [1.29, 1.82) is 0 Å². The third-order valence-electron chi connectivity index (χ3n) is 6.90. The first kappa shape index (κ1) is 22.4. The predicted molar refractivity (Wildman–Crippen MR) is 118 cm³/mol. The number of hydrogen-bond acceptors (Lipinski definition) is 4. The van der Waals surface area contributed by atoms with E-state index in [1.807, 2.05) is 12.1 Å². The van der Waals surface area contributed by atoms with E-state index in [4.69, 9.17) is 9.47 Å². The van der Waals surface area contributed by atoms with E-state index in [2.05, 4.69) is 37.8 Å². The number of hydrogen-bond donors (Lipinski definition) is 2. The van der Waals surface area contributed by atoms with E-state index < -0.39 is 0 Å². The fourth-order valence-electron chi connectivity index (χ4n) is 5.01. The molecule has 5 heteroatoms. The first-order valence-corrected chi connectivity index (χ1v) is 11.5. The summed E-state index contributed by atoms with van der Waals surface area (Å²) in [6, 6.07) is 8.30. The summed E-state index contributed by atoms with van der Waals surface area (Å²) >= 11 is 0. The van der Waals surface area contributed by atoms with Crippen LogP contribution >= 0.6 is 0 Å². The number of piperazine rings is 1. The van der Waals surface area contributed by atoms with Crippen LogP contribution in [0.15, 0.2) is 24.3 Å². The van der Waals surface area contributed by atoms with Crippen molar-refractivity contribution in [2.75, 3.05) is 51.3 Å². The third kappa shape index (κ3) is 6.34. The molecule has 2 aliphatic rings. The maximum Gasteiger partial charge on any atom is 0.126 e. The average Bonchev–Trinajstić information content (AvgIpc) is 2.73. The molecule has 5 nitrogen and oxygen atoms in total. The van der Waals surface area contributed by atoms with Gasteiger partial charge in [0, 0.05) is 5.69 Å². The summed E-state index contributed by atoms with van der Waals surface area (Å²) in [6.07, 6.45) is 3.66. The number of nitrogens with zero attached hydrogens (tertiary/aromatic N) is 1. The van der Waals surface area contributed by atoms with Gasteiger partial charge in [0.15, 0.2) is 0 Å². The fourth-order valence-corrected chi connectivity index (χ4v) is 5.01. The van der Waals surface area contributed by atoms with Crippen molar-refractivity contribution in [3.8, 4) is 5.75 Å². The highest BCUT2D eigenvalue weighted by Crippen LogP contribution is 2.35. The molecule has 1 saturated carbocycles. The number of aliphatic hydroxyl groups excluding tert-OH is 1. The molecule has 0 aromatic heterocycles. The number of nitrogens with one attached hydrogen (secondary N) is 1. The highest BCUT2D eigenvalue weighted by molar-refractivity contribution is 5.49. The number of ether oxygens (including phenoxy) is 2. The monoisotopic (exact) mass is 405 g/mol. The second-order valence-electron chi connectivity index (χ2n) is 9.49. The van der Waals surface area contributed by atoms with E-state index in [9.17, 15) is 5.11 Å². The van der Waals surface area contributed by atoms with E-state index in [-0.39, 0.29) is 6.10 Å². The quantitative estimate of drug-likeness (QED) is 0.696. The van der Waals surface area contributed by atoms with Crippen LogP contribution in [0.25, 0.3) is 0 Å². The summed E-state index contributed by atoms with van der Waals surface area (Å²) in [5, 5.41) is 10.6. The van der Waals surface area contributed by atoms with Gasteiger partial charge in [-0.1, -0.05) is 27.2 Å². The Bertz CT molecular complexity index is 599. The molecule has 1 aromatic rings. The Balaban J connectivity index is 1.40. The largest absolute Gasteiger partial charge is 0.497 e. The van der Waals surface area contributed by atoms with Crippen molar-refractivity contribution in [3.63, 3.8) is 0 Å². The van der Waals surface area contributed by atoms with Crippen LogP contribution in [-0.4, -0.2) is 63.8 Å². The summed E-state index contributed by atoms with van der Waals surface area (Å²) in [5.41, 5.74) is 1.25. The minimum absolute atomic E-state index is 0.315. The molecular formula is C24H41N2O3+. The van der Waals surface area contributed by atoms with Crippen LogP contribution in [0.5, 0.6) is 5.75 Å². The van der Waals surface area contributed by atoms with Gasteiger partial charge in [-0.05, 0) is 54.9 Å². The van der Waals surface area contributed by atoms with Crippen molar-refractivity contribution in [3.05, 3.63) is 24.3 Å². The van der Waals surface area contributed by atoms with Gasteiger partial charge in [-0.2, -0.15) is 0 Å². The van der Waals surface area contributed by atoms with Crippen LogP contribution in [0.1, 0.15) is 40.0 Å². The molecule has 2 N–H and O–H groups in total. The Morgan fingerprint density at radius 1 is 1.14 bits per heavy atom. The van der Waals surface area contributed by atoms with Gasteiger partial charge in [-0.3, -0.25) is 0 Å². The molecule has 2 fully saturated rings. The summed E-state index contributed by atoms with van der Waals surface area (Å²) in [5.74, 6) is 2.93. The van der Waals surface area contributed by atoms with Crippen molar-refractivity contribution in [1.82, 2.24) is 0 Å². The maximum absolute atomic E-state index is 10.6. The van der Waals surface area contributed by atoms with Gasteiger partial charge >= 0.3 is 0 Å². The molecule has 1 heterocycles. The second-order valence-corrected chi connectivity index (χ2v) is 9.49. The topological polar surface area (TPSA) is 46.4 Å². The molecule has 0 unspecified atom stereocenters. The molecule has 1 aliphatic heterocycles. The van der Waals surface area contributed by atoms with Gasteiger partial charge in [-0.15, -0.1) is 0 Å². The highest BCUT2D eigenvalue weighted by Gasteiger charge is 2.32. The van der Waals surface area contributed by atoms with Crippen LogP contribution in [0, 0.1) is 17.8 Å². The number of benzene rings is 1. The lowest BCUT2D eigenvalue weighted by Crippen LogP contribution is -3.16. The van der Waals surface area contributed by atoms with E-state index in [0.717, 1.165) is 50.8 Å². The van der Waals surface area contributed by atoms with Crippen molar-refractivity contribution < 1.29 is 19.5 Å². The Labute approximate surface area is 177 Å². The zero-order valence-electron chi connectivity index (χ0n) is 18.8. The number of aliphatic hydroxyl groups is 1. The molecule has 164 valence electrons. The van der Waals surface area contributed by atoms with Crippen LogP contribution in [0.2, 0.25) is 0 Å². The molecule has 0 spiro atoms. The lowest BCUT2D eigenvalue weighted by molar-refractivity contribution is -0.903. The smallest absolute Gasteiger partial charge is 0.126 e. The predicted octanol–water partition coefficient (Wildman–Crippen LogP) is 2.24. The first-order chi connectivity index (χ1) is 14.0. The maximum atomic E-state index is 10.6. The number of methoxy groups -OCH3 is 1. The van der Waals surface area contributed by atoms with Crippen molar-refractivity contribution in [2.45, 2.75) is 52.2 Å². The van der Waals surface area contributed by atoms with Crippen LogP contribution in [0.4, 0.5) is 5.69 Å². The molecule has 4 atom stereocenters. The van der Waals surface area contributed by atoms with E-state index >= 15 is 0 Å². The highest BCUT2D eigenvalue weighted by atomic mass is 16.5. The van der Waals surface area contributed by atoms with E-state index in [0.29, 0.717) is 24.5 Å². The lowest BCUT2D eigenvalue weighted by Gasteiger charge is -2.38. The fraction of sp³-hybridized carbons (Fsp3) is 0.750. The van der Waals surface area contributed by atoms with E-state index in [1.54, 1.807) is 7.11 Å². The van der Waals surface area contributed by atoms with Gasteiger partial charge in [0.2, 0.25) is 0 Å². The van der Waals surface area contributed by atoms with Crippen LogP contribution in [-0.2, 0) is 4.74 Å². The van der Waals surface area contributed by atoms with Gasteiger partial charge in [0.05, 0.1) is 46.0 Å². The molecule has 29 heavy (non-hydrogen) atoms. The minimum atomic E-state index is -0.373. The summed E-state index contributed by atoms with van der Waals surface area (Å²) in [4.78, 5) is 3.89. The summed E-state index contributed by atoms with van der Waals surface area (Å²) < 4.78 is 11.5. The summed E-state index contributed by atoms with van der Waals surface area (Å²) in [6.45, 7) is 12.3. The van der Waals surface area contributed by atoms with Gasteiger partial charge in [-0.25, -0.2) is 0 Å². The number of quaternary nitrogens is 1. The molecular weight excluding hydrogens is 364 g/mol. The van der Waals surface area contributed by atoms with Crippen molar-refractivity contribution >= 4 is 5.69 Å². The Hall–Kier alpha value is -1.30. The molecule has 1 aromatic carbocycles. The Kier molecular flexibility index (Phi) is 8.22. The molecule has 0 radical (unpaired) electrons. The van der Waals surface area contributed by atoms with Crippen molar-refractivity contribution in [2.24, 2.45) is 17.8 Å². The standard InChI is InChI=1S/C24H40N2O3/c1-18(2)23-10-5-19(3)15-24(23)29-17-21(27)16-25-11-13-26(14-12-25)20-6-8-22(28-4)9-7-20/h6-9,18-19,21,23-24,27H,5,10-17H2,1-4H3/p+1/t19-,21-,23+,24-/m1/s1. The van der Waals surface area contributed by atoms with Gasteiger partial charge < -0.3 is 24.4 Å². The Morgan fingerprint density at radius 3 is 2.45 bits per heavy atom. The summed E-state index contributed by atoms with van der Waals surface area (Å²) in [7, 11) is 1.70. The number of anilines is 1. The second kappa shape index (κ2) is 10.6. The van der Waals surface area contributed by atoms with Gasteiger partial charge in [0.1, 0.15) is 18.4 Å². The van der Waals surface area contributed by atoms with Crippen LogP contribution < -0.4 is 14.5 Å². The number of rotatable bonds is 8. The minimum Gasteiger partial charge on any atom is -0.497 e. The normalized spacial score (nSPS) is 27.2. The SMILES string of the molecule is COc1ccc(N2CC[NH+](C[C@@H](O)CO[C@@H]3C[C@H](C)CC[C@H]3C(C)C)CC2)cc1. The zero-order valence-corrected chi connectivity index (χ0v) is 18.8. The lowest BCUT2D eigenvalue weighted by atomic mass is 9.75. The third-order valence-corrected chi connectivity index (χ3v) is 6.90. The van der Waals surface area contributed by atoms with Crippen LogP contribution in [0.3, 0.4) is 0 Å². The molecule has 1 aliphatic carbocycles. The molecule has 3 rings (SSSR count). The molecule has 1 saturated heterocycles. The first-order valence-electron chi connectivity index (χ1n) is 11.5. The average molecular weight is 406 g/mol. The van der Waals surface area contributed by atoms with Gasteiger partial charge in [0.25, 0.3) is 0 Å². The van der Waals surface area contributed by atoms with E-state index in [1.165, 1.54) is 23.4 Å². The zero-order chi connectivity index (χ0) is 20.8.